The van der Waals surface area contributed by atoms with E-state index in [1.54, 1.807) is 6.07 Å². The number of carbonyl (C=O) groups excluding carboxylic acids is 1. The van der Waals surface area contributed by atoms with E-state index in [1.807, 2.05) is 32.0 Å². The number of benzene rings is 1. The lowest BCUT2D eigenvalue weighted by Crippen LogP contribution is -2.47. The highest BCUT2D eigenvalue weighted by atomic mass is 16.5. The van der Waals surface area contributed by atoms with E-state index in [9.17, 15) is 9.90 Å². The van der Waals surface area contributed by atoms with Crippen LogP contribution in [0.2, 0.25) is 0 Å². The number of ether oxygens (including phenoxy) is 2. The monoisotopic (exact) mass is 414 g/mol. The van der Waals surface area contributed by atoms with Gasteiger partial charge in [-0.05, 0) is 45.6 Å². The van der Waals surface area contributed by atoms with Gasteiger partial charge in [0.15, 0.2) is 0 Å². The van der Waals surface area contributed by atoms with E-state index in [0.717, 1.165) is 37.1 Å². The molecule has 2 aromatic rings. The number of aliphatic hydroxyl groups excluding tert-OH is 1. The lowest BCUT2D eigenvalue weighted by atomic mass is 10.1. The van der Waals surface area contributed by atoms with Gasteiger partial charge in [-0.2, -0.15) is 0 Å². The Balaban J connectivity index is 1.47. The van der Waals surface area contributed by atoms with Gasteiger partial charge in [0, 0.05) is 30.3 Å². The SMILES string of the molecule is CC1CN(CC(=O)c2cc(-c3ccc(CO)c(OC4CCCC4)c3)no2)CC(C)O1. The van der Waals surface area contributed by atoms with E-state index >= 15 is 0 Å². The van der Waals surface area contributed by atoms with Gasteiger partial charge in [-0.3, -0.25) is 9.69 Å². The van der Waals surface area contributed by atoms with Gasteiger partial charge in [-0.15, -0.1) is 0 Å². The number of hydrogen-bond acceptors (Lipinski definition) is 7. The molecule has 7 heteroatoms. The molecule has 4 rings (SSSR count). The molecule has 2 fully saturated rings. The van der Waals surface area contributed by atoms with Gasteiger partial charge >= 0.3 is 0 Å². The smallest absolute Gasteiger partial charge is 0.214 e. The van der Waals surface area contributed by atoms with Gasteiger partial charge < -0.3 is 19.1 Å². The molecular formula is C23H30N2O5. The maximum absolute atomic E-state index is 12.7. The zero-order valence-electron chi connectivity index (χ0n) is 17.7. The Labute approximate surface area is 176 Å². The number of carbonyl (C=O) groups is 1. The van der Waals surface area contributed by atoms with Crippen LogP contribution in [0.4, 0.5) is 0 Å². The van der Waals surface area contributed by atoms with E-state index in [2.05, 4.69) is 10.1 Å². The molecular weight excluding hydrogens is 384 g/mol. The van der Waals surface area contributed by atoms with Crippen LogP contribution in [-0.4, -0.2) is 58.9 Å². The van der Waals surface area contributed by atoms with E-state index in [-0.39, 0.29) is 43.0 Å². The molecule has 0 bridgehead atoms. The highest BCUT2D eigenvalue weighted by molar-refractivity contribution is 5.95. The Morgan fingerprint density at radius 3 is 2.63 bits per heavy atom. The number of rotatable bonds is 7. The second-order valence-corrected chi connectivity index (χ2v) is 8.46. The molecule has 30 heavy (non-hydrogen) atoms. The summed E-state index contributed by atoms with van der Waals surface area (Å²) in [6.07, 6.45) is 4.83. The summed E-state index contributed by atoms with van der Waals surface area (Å²) in [7, 11) is 0. The van der Waals surface area contributed by atoms with Gasteiger partial charge in [-0.1, -0.05) is 17.3 Å². The zero-order valence-corrected chi connectivity index (χ0v) is 17.7. The first-order valence-electron chi connectivity index (χ1n) is 10.8. The van der Waals surface area contributed by atoms with Crippen LogP contribution in [0.25, 0.3) is 11.3 Å². The van der Waals surface area contributed by atoms with Crippen LogP contribution >= 0.6 is 0 Å². The average molecular weight is 415 g/mol. The van der Waals surface area contributed by atoms with Crippen molar-refractivity contribution in [3.8, 4) is 17.0 Å². The Morgan fingerprint density at radius 2 is 1.93 bits per heavy atom. The number of aliphatic hydroxyl groups is 1. The van der Waals surface area contributed by atoms with Gasteiger partial charge in [0.1, 0.15) is 11.4 Å². The van der Waals surface area contributed by atoms with Crippen LogP contribution < -0.4 is 4.74 Å². The summed E-state index contributed by atoms with van der Waals surface area (Å²) in [5, 5.41) is 13.8. The number of ketones is 1. The van der Waals surface area contributed by atoms with E-state index in [4.69, 9.17) is 14.0 Å². The Kier molecular flexibility index (Phi) is 6.51. The van der Waals surface area contributed by atoms with Crippen molar-refractivity contribution in [1.82, 2.24) is 10.1 Å². The van der Waals surface area contributed by atoms with Crippen molar-refractivity contribution >= 4 is 5.78 Å². The molecule has 162 valence electrons. The average Bonchev–Trinajstić information content (AvgIpc) is 3.39. The molecule has 1 saturated carbocycles. The summed E-state index contributed by atoms with van der Waals surface area (Å²) < 4.78 is 17.2. The third kappa shape index (κ3) is 4.91. The molecule has 2 heterocycles. The molecule has 1 aliphatic heterocycles. The molecule has 1 aromatic heterocycles. The minimum Gasteiger partial charge on any atom is -0.490 e. The summed E-state index contributed by atoms with van der Waals surface area (Å²) >= 11 is 0. The fourth-order valence-electron chi connectivity index (χ4n) is 4.38. The van der Waals surface area contributed by atoms with Crippen LogP contribution in [0, 0.1) is 0 Å². The summed E-state index contributed by atoms with van der Waals surface area (Å²) in [4.78, 5) is 14.8. The minimum absolute atomic E-state index is 0.0821. The molecule has 0 spiro atoms. The van der Waals surface area contributed by atoms with Crippen molar-refractivity contribution in [2.24, 2.45) is 0 Å². The normalized spacial score (nSPS) is 23.0. The first kappa shape index (κ1) is 21.0. The van der Waals surface area contributed by atoms with Gasteiger partial charge in [0.25, 0.3) is 0 Å². The lowest BCUT2D eigenvalue weighted by molar-refractivity contribution is -0.0653. The minimum atomic E-state index is -0.0931. The first-order valence-corrected chi connectivity index (χ1v) is 10.8. The summed E-state index contributed by atoms with van der Waals surface area (Å²) in [6.45, 7) is 5.68. The lowest BCUT2D eigenvalue weighted by Gasteiger charge is -2.34. The third-order valence-corrected chi connectivity index (χ3v) is 5.78. The van der Waals surface area contributed by atoms with E-state index in [0.29, 0.717) is 11.4 Å². The van der Waals surface area contributed by atoms with Gasteiger partial charge in [0.2, 0.25) is 11.5 Å². The number of nitrogens with zero attached hydrogens (tertiary/aromatic N) is 2. The molecule has 2 atom stereocenters. The molecule has 0 amide bonds. The number of morpholine rings is 1. The third-order valence-electron chi connectivity index (χ3n) is 5.78. The molecule has 1 N–H and O–H groups in total. The summed E-state index contributed by atoms with van der Waals surface area (Å²) in [5.74, 6) is 0.833. The highest BCUT2D eigenvalue weighted by Gasteiger charge is 2.26. The standard InChI is InChI=1S/C23H30N2O5/c1-15-11-25(12-16(2)28-15)13-21(27)23-10-20(24-30-23)17-7-8-18(14-26)22(9-17)29-19-5-3-4-6-19/h7-10,15-16,19,26H,3-6,11-14H2,1-2H3. The maximum atomic E-state index is 12.7. The van der Waals surface area contributed by atoms with Crippen molar-refractivity contribution < 1.29 is 23.9 Å². The predicted molar refractivity (Wildman–Crippen MR) is 112 cm³/mol. The van der Waals surface area contributed by atoms with Crippen LogP contribution in [0.3, 0.4) is 0 Å². The van der Waals surface area contributed by atoms with Gasteiger partial charge in [-0.25, -0.2) is 0 Å². The van der Waals surface area contributed by atoms with Crippen LogP contribution in [0.15, 0.2) is 28.8 Å². The predicted octanol–water partition coefficient (Wildman–Crippen LogP) is 3.45. The molecule has 1 aromatic carbocycles. The van der Waals surface area contributed by atoms with E-state index < -0.39 is 0 Å². The molecule has 1 saturated heterocycles. The van der Waals surface area contributed by atoms with Crippen molar-refractivity contribution in [2.75, 3.05) is 19.6 Å². The Hall–Kier alpha value is -2.22. The largest absolute Gasteiger partial charge is 0.490 e. The van der Waals surface area contributed by atoms with E-state index in [1.165, 1.54) is 12.8 Å². The van der Waals surface area contributed by atoms with Crippen molar-refractivity contribution in [2.45, 2.75) is 64.4 Å². The Bertz CT molecular complexity index is 864. The molecule has 2 unspecified atom stereocenters. The van der Waals surface area contributed by atoms with Crippen LogP contribution in [0.5, 0.6) is 5.75 Å². The quantitative estimate of drug-likeness (QED) is 0.695. The number of hydrogen-bond donors (Lipinski definition) is 1. The van der Waals surface area contributed by atoms with Crippen molar-refractivity contribution in [3.63, 3.8) is 0 Å². The Morgan fingerprint density at radius 1 is 1.20 bits per heavy atom. The van der Waals surface area contributed by atoms with Crippen molar-refractivity contribution in [1.29, 1.82) is 0 Å². The molecule has 7 nitrogen and oxygen atoms in total. The fraction of sp³-hybridized carbons (Fsp3) is 0.565. The number of aromatic nitrogens is 1. The van der Waals surface area contributed by atoms with Gasteiger partial charge in [0.05, 0.1) is 31.5 Å². The maximum Gasteiger partial charge on any atom is 0.214 e. The molecule has 0 radical (unpaired) electrons. The highest BCUT2D eigenvalue weighted by Crippen LogP contribution is 2.31. The first-order chi connectivity index (χ1) is 14.5. The topological polar surface area (TPSA) is 85.0 Å². The molecule has 1 aliphatic carbocycles. The summed E-state index contributed by atoms with van der Waals surface area (Å²) in [6, 6.07) is 7.26. The number of Topliss-reactive ketones (excluding diaryl/α,β-unsaturated/α-hetero) is 1. The second kappa shape index (κ2) is 9.29. The second-order valence-electron chi connectivity index (χ2n) is 8.46. The molecule has 2 aliphatic rings. The fourth-order valence-corrected chi connectivity index (χ4v) is 4.38. The van der Waals surface area contributed by atoms with Crippen LogP contribution in [-0.2, 0) is 11.3 Å². The van der Waals surface area contributed by atoms with Crippen molar-refractivity contribution in [3.05, 3.63) is 35.6 Å². The summed E-state index contributed by atoms with van der Waals surface area (Å²) in [5.41, 5.74) is 2.14. The zero-order chi connectivity index (χ0) is 21.1. The van der Waals surface area contributed by atoms with Crippen LogP contribution in [0.1, 0.15) is 55.6 Å².